The normalized spacial score (nSPS) is 16.4. The van der Waals surface area contributed by atoms with Crippen LogP contribution in [0.5, 0.6) is 17.4 Å². The lowest BCUT2D eigenvalue weighted by molar-refractivity contribution is -0.144. The predicted molar refractivity (Wildman–Crippen MR) is 307 cm³/mol. The zero-order valence-electron chi connectivity index (χ0n) is 49.9. The topological polar surface area (TPSA) is 251 Å². The molecule has 81 heavy (non-hydrogen) atoms. The fraction of sp³-hybridized carbons (Fsp3) is 0.532. The molecule has 0 unspecified atom stereocenters. The second kappa shape index (κ2) is 27.3. The second-order valence-corrected chi connectivity index (χ2v) is 24.9. The summed E-state index contributed by atoms with van der Waals surface area (Å²) in [5.41, 5.74) is 1.51. The Balaban J connectivity index is 1.63. The van der Waals surface area contributed by atoms with E-state index in [9.17, 15) is 29.1 Å². The van der Waals surface area contributed by atoms with Gasteiger partial charge in [-0.3, -0.25) is 19.2 Å². The van der Waals surface area contributed by atoms with Crippen molar-refractivity contribution in [3.8, 4) is 39.9 Å². The summed E-state index contributed by atoms with van der Waals surface area (Å²) in [6.45, 7) is 26.5. The summed E-state index contributed by atoms with van der Waals surface area (Å²) in [6, 6.07) is 15.1. The second-order valence-electron chi connectivity index (χ2n) is 24.9. The van der Waals surface area contributed by atoms with Gasteiger partial charge in [0.15, 0.2) is 17.4 Å². The monoisotopic (exact) mass is 1120 g/mol. The van der Waals surface area contributed by atoms with E-state index in [1.165, 1.54) is 25.1 Å². The summed E-state index contributed by atoms with van der Waals surface area (Å²) in [5.74, 6) is -4.96. The number of benzene rings is 3. The lowest BCUT2D eigenvalue weighted by Crippen LogP contribution is -2.46. The summed E-state index contributed by atoms with van der Waals surface area (Å²) in [4.78, 5) is 108. The third-order valence-corrected chi connectivity index (χ3v) is 12.8. The number of aliphatic carboxylic acids is 1. The SMILES string of the molecule is CCCOc1ccc2cc1-c1cc(ccc1OCCNC(=O)OC(C)(C)C)C[C@@H](C(=O)O)NC(=O)[C@H](C)CC(=O)[C@H]2N(C)C(=O)[C@H](CCNC(=O)OC(C)(C)C)CC(=O)c1cnc(-c2ccc(C(C)(C)C)cc2)nc1OCC(C)(C)C. The van der Waals surface area contributed by atoms with Crippen LogP contribution in [0.15, 0.2) is 66.9 Å². The first kappa shape index (κ1) is 64.3. The average Bonchev–Trinajstić information content (AvgIpc) is 3.36. The van der Waals surface area contributed by atoms with Gasteiger partial charge in [-0.25, -0.2) is 19.4 Å². The fourth-order valence-corrected chi connectivity index (χ4v) is 8.75. The van der Waals surface area contributed by atoms with Crippen LogP contribution >= 0.6 is 0 Å². The molecule has 5 rings (SSSR count). The molecule has 0 aliphatic carbocycles. The van der Waals surface area contributed by atoms with Crippen LogP contribution in [-0.4, -0.2) is 119 Å². The van der Waals surface area contributed by atoms with Gasteiger partial charge in [0.1, 0.15) is 41.4 Å². The largest absolute Gasteiger partial charge is 0.493 e. The number of alkyl carbamates (subject to hydrolysis) is 2. The van der Waals surface area contributed by atoms with Crippen molar-refractivity contribution in [2.24, 2.45) is 17.3 Å². The fourth-order valence-electron chi connectivity index (χ4n) is 8.75. The van der Waals surface area contributed by atoms with Gasteiger partial charge < -0.3 is 49.6 Å². The Morgan fingerprint density at radius 3 is 1.94 bits per heavy atom. The molecule has 4 bridgehead atoms. The maximum absolute atomic E-state index is 15.4. The smallest absolute Gasteiger partial charge is 0.407 e. The standard InChI is InChI=1S/C62H84N6O13/c1-16-28-77-50-24-20-40-33-44(50)43-31-38(17-23-49(43)78-29-27-64-58(76)81-62(12,13)14)32-46(56(73)74)66-53(71)37(2)30-48(70)51(40)68(15)55(72)41(25-26-63-57(75)80-61(9,10)11)34-47(69)45-35-65-52(67-54(45)79-36-59(3,4)5)39-18-21-42(22-19-39)60(6,7)8/h17-24,31,33,35,37,41,46,51H,16,25-30,32,34,36H2,1-15H3,(H,63,75)(H,64,76)(H,66,71)(H,73,74)/t37-,41-,46+,51+/m1/s1. The van der Waals surface area contributed by atoms with Crippen molar-refractivity contribution >= 4 is 41.5 Å². The number of fused-ring (bicyclic) bond motifs is 5. The molecule has 4 aromatic rings. The molecular weight excluding hydrogens is 1040 g/mol. The number of carboxylic acids is 1. The van der Waals surface area contributed by atoms with Crippen LogP contribution in [0.1, 0.15) is 156 Å². The number of Topliss-reactive ketones (excluding diaryl/α,β-unsaturated/α-hetero) is 2. The molecule has 0 saturated carbocycles. The van der Waals surface area contributed by atoms with Crippen molar-refractivity contribution in [2.75, 3.05) is 40.0 Å². The highest BCUT2D eigenvalue weighted by atomic mass is 16.6. The molecule has 4 amide bonds. The van der Waals surface area contributed by atoms with Gasteiger partial charge in [-0.2, -0.15) is 4.98 Å². The molecule has 0 saturated heterocycles. The number of nitrogens with one attached hydrogen (secondary N) is 3. The number of likely N-dealkylation sites (N-methyl/N-ethyl adjacent to an activating group) is 1. The van der Waals surface area contributed by atoms with Crippen molar-refractivity contribution in [3.05, 3.63) is 89.1 Å². The van der Waals surface area contributed by atoms with Crippen LogP contribution in [0, 0.1) is 17.3 Å². The Kier molecular flexibility index (Phi) is 21.6. The number of nitrogens with zero attached hydrogens (tertiary/aromatic N) is 3. The molecule has 0 fully saturated rings. The van der Waals surface area contributed by atoms with E-state index in [-0.39, 0.29) is 61.4 Å². The molecule has 19 nitrogen and oxygen atoms in total. The number of amides is 4. The van der Waals surface area contributed by atoms with Gasteiger partial charge in [-0.05, 0) is 106 Å². The third-order valence-electron chi connectivity index (χ3n) is 12.8. The molecule has 1 aromatic heterocycles. The van der Waals surface area contributed by atoms with Crippen LogP contribution in [0.4, 0.5) is 9.59 Å². The predicted octanol–water partition coefficient (Wildman–Crippen LogP) is 10.2. The maximum atomic E-state index is 15.4. The number of ether oxygens (including phenoxy) is 5. The highest BCUT2D eigenvalue weighted by molar-refractivity contribution is 6.01. The number of rotatable bonds is 19. The maximum Gasteiger partial charge on any atom is 0.407 e. The minimum atomic E-state index is -1.40. The zero-order valence-corrected chi connectivity index (χ0v) is 49.9. The summed E-state index contributed by atoms with van der Waals surface area (Å²) in [7, 11) is 1.44. The summed E-state index contributed by atoms with van der Waals surface area (Å²) in [6.07, 6.45) is -0.438. The van der Waals surface area contributed by atoms with Crippen LogP contribution in [0.3, 0.4) is 0 Å². The van der Waals surface area contributed by atoms with Gasteiger partial charge in [-0.1, -0.05) is 91.8 Å². The molecule has 3 aromatic carbocycles. The molecule has 4 N–H and O–H groups in total. The minimum Gasteiger partial charge on any atom is -0.493 e. The summed E-state index contributed by atoms with van der Waals surface area (Å²) < 4.78 is 29.8. The van der Waals surface area contributed by atoms with Gasteiger partial charge in [0, 0.05) is 67.6 Å². The number of carboxylic acid groups (broad SMARTS) is 1. The molecular formula is C62H84N6O13. The van der Waals surface area contributed by atoms with E-state index in [4.69, 9.17) is 28.7 Å². The molecule has 19 heteroatoms. The van der Waals surface area contributed by atoms with E-state index in [1.807, 2.05) is 52.0 Å². The Hall–Kier alpha value is -7.57. The number of carbonyl (C=O) groups is 7. The van der Waals surface area contributed by atoms with Gasteiger partial charge in [0.05, 0.1) is 25.3 Å². The Morgan fingerprint density at radius 2 is 1.36 bits per heavy atom. The van der Waals surface area contributed by atoms with Crippen LogP contribution in [0.25, 0.3) is 22.5 Å². The third kappa shape index (κ3) is 19.3. The van der Waals surface area contributed by atoms with E-state index in [0.717, 1.165) is 5.56 Å². The molecule has 1 aliphatic heterocycles. The first-order valence-corrected chi connectivity index (χ1v) is 27.7. The number of hydrogen-bond donors (Lipinski definition) is 4. The number of hydrogen-bond acceptors (Lipinski definition) is 14. The Bertz CT molecular complexity index is 2890. The molecule has 440 valence electrons. The van der Waals surface area contributed by atoms with E-state index in [0.29, 0.717) is 58.2 Å². The molecule has 4 atom stereocenters. The van der Waals surface area contributed by atoms with Crippen molar-refractivity contribution in [1.29, 1.82) is 0 Å². The molecule has 1 aliphatic rings. The van der Waals surface area contributed by atoms with E-state index in [2.05, 4.69) is 41.7 Å². The van der Waals surface area contributed by atoms with Gasteiger partial charge in [-0.15, -0.1) is 0 Å². The Labute approximate surface area is 477 Å². The molecule has 2 heterocycles. The first-order valence-electron chi connectivity index (χ1n) is 27.7. The summed E-state index contributed by atoms with van der Waals surface area (Å²) in [5, 5.41) is 18.4. The van der Waals surface area contributed by atoms with Crippen LogP contribution in [0.2, 0.25) is 0 Å². The highest BCUT2D eigenvalue weighted by Gasteiger charge is 2.37. The number of carbonyl (C=O) groups excluding carboxylic acids is 6. The van der Waals surface area contributed by atoms with Crippen molar-refractivity contribution in [1.82, 2.24) is 30.8 Å². The minimum absolute atomic E-state index is 0.0186. The van der Waals surface area contributed by atoms with E-state index in [1.54, 1.807) is 77.9 Å². The lowest BCUT2D eigenvalue weighted by Gasteiger charge is -2.32. The summed E-state index contributed by atoms with van der Waals surface area (Å²) >= 11 is 0. The van der Waals surface area contributed by atoms with Crippen LogP contribution in [-0.2, 0) is 40.5 Å². The van der Waals surface area contributed by atoms with Crippen LogP contribution < -0.4 is 30.2 Å². The first-order chi connectivity index (χ1) is 37.7. The van der Waals surface area contributed by atoms with E-state index >= 15 is 9.59 Å². The van der Waals surface area contributed by atoms with Gasteiger partial charge in [0.2, 0.25) is 17.7 Å². The number of ketones is 2. The van der Waals surface area contributed by atoms with Crippen molar-refractivity contribution in [2.45, 2.75) is 158 Å². The van der Waals surface area contributed by atoms with Gasteiger partial charge >= 0.3 is 18.2 Å². The number of aromatic nitrogens is 2. The molecule has 0 radical (unpaired) electrons. The lowest BCUT2D eigenvalue weighted by atomic mass is 9.86. The van der Waals surface area contributed by atoms with Gasteiger partial charge in [0.25, 0.3) is 0 Å². The average molecular weight is 1120 g/mol. The van der Waals surface area contributed by atoms with E-state index < -0.39 is 89.5 Å². The van der Waals surface area contributed by atoms with Crippen molar-refractivity contribution in [3.63, 3.8) is 0 Å². The quantitative estimate of drug-likeness (QED) is 0.0503. The Morgan fingerprint density at radius 1 is 0.765 bits per heavy atom. The zero-order chi connectivity index (χ0) is 60.2. The van der Waals surface area contributed by atoms with Crippen molar-refractivity contribution < 1.29 is 62.4 Å². The highest BCUT2D eigenvalue weighted by Crippen LogP contribution is 2.41. The molecule has 0 spiro atoms.